The van der Waals surface area contributed by atoms with Gasteiger partial charge in [0.05, 0.1) is 23.0 Å². The summed E-state index contributed by atoms with van der Waals surface area (Å²) in [6.07, 6.45) is -8.13. The molecule has 0 spiro atoms. The van der Waals surface area contributed by atoms with E-state index in [0.717, 1.165) is 11.6 Å². The molecule has 0 aliphatic carbocycles. The lowest BCUT2D eigenvalue weighted by atomic mass is 9.76. The molecule has 0 radical (unpaired) electrons. The van der Waals surface area contributed by atoms with Gasteiger partial charge in [0.15, 0.2) is 0 Å². The molecule has 0 N–H and O–H groups in total. The van der Waals surface area contributed by atoms with E-state index in [1.807, 2.05) is 6.07 Å². The van der Waals surface area contributed by atoms with Crippen molar-refractivity contribution in [3.63, 3.8) is 0 Å². The second kappa shape index (κ2) is 7.73. The van der Waals surface area contributed by atoms with Crippen LogP contribution in [0.5, 0.6) is 0 Å². The van der Waals surface area contributed by atoms with Crippen LogP contribution in [0.3, 0.4) is 0 Å². The Morgan fingerprint density at radius 2 is 1.52 bits per heavy atom. The number of imidazole rings is 1. The van der Waals surface area contributed by atoms with Crippen LogP contribution >= 0.6 is 0 Å². The Labute approximate surface area is 176 Å². The molecule has 0 saturated carbocycles. The Kier molecular flexibility index (Phi) is 5.71. The summed E-state index contributed by atoms with van der Waals surface area (Å²) in [5, 5.41) is 0. The summed E-state index contributed by atoms with van der Waals surface area (Å²) in [7, 11) is 1.58. The van der Waals surface area contributed by atoms with Crippen molar-refractivity contribution in [1.29, 1.82) is 0 Å². The highest BCUT2D eigenvalue weighted by atomic mass is 19.4. The van der Waals surface area contributed by atoms with E-state index in [9.17, 15) is 26.3 Å². The van der Waals surface area contributed by atoms with E-state index in [2.05, 4.69) is 4.98 Å². The van der Waals surface area contributed by atoms with Crippen LogP contribution in [0.4, 0.5) is 26.3 Å². The molecule has 2 nitrogen and oxygen atoms in total. The highest BCUT2D eigenvalue weighted by molar-refractivity contribution is 5.71. The predicted molar refractivity (Wildman–Crippen MR) is 107 cm³/mol. The standard InChI is InChI=1S/C23H22F6N2/c1-5-21(2,3)19-16(11-15(22(24,25)26)12-17(19)23(27,28)29)20-30-13-18(31(20)4)14-9-7-6-8-10-14/h6-13H,5H2,1-4H3. The van der Waals surface area contributed by atoms with E-state index >= 15 is 0 Å². The van der Waals surface area contributed by atoms with Crippen molar-refractivity contribution in [2.45, 2.75) is 45.0 Å². The largest absolute Gasteiger partial charge is 0.416 e. The summed E-state index contributed by atoms with van der Waals surface area (Å²) >= 11 is 0. The van der Waals surface area contributed by atoms with Crippen LogP contribution in [0.2, 0.25) is 0 Å². The maximum absolute atomic E-state index is 14.0. The highest BCUT2D eigenvalue weighted by Crippen LogP contribution is 2.47. The van der Waals surface area contributed by atoms with Gasteiger partial charge in [-0.2, -0.15) is 26.3 Å². The zero-order chi connectivity index (χ0) is 23.2. The van der Waals surface area contributed by atoms with Crippen LogP contribution < -0.4 is 0 Å². The van der Waals surface area contributed by atoms with Crippen molar-refractivity contribution in [3.05, 3.63) is 65.4 Å². The van der Waals surface area contributed by atoms with Crippen molar-refractivity contribution >= 4 is 0 Å². The zero-order valence-corrected chi connectivity index (χ0v) is 17.5. The number of benzene rings is 2. The van der Waals surface area contributed by atoms with Gasteiger partial charge in [-0.1, -0.05) is 51.1 Å². The van der Waals surface area contributed by atoms with Crippen molar-refractivity contribution in [1.82, 2.24) is 9.55 Å². The maximum atomic E-state index is 14.0. The third-order valence-corrected chi connectivity index (χ3v) is 5.63. The Balaban J connectivity index is 2.40. The third kappa shape index (κ3) is 4.34. The topological polar surface area (TPSA) is 17.8 Å². The van der Waals surface area contributed by atoms with Crippen LogP contribution in [0.15, 0.2) is 48.7 Å². The number of rotatable bonds is 4. The average Bonchev–Trinajstić information content (AvgIpc) is 3.07. The van der Waals surface area contributed by atoms with Gasteiger partial charge >= 0.3 is 12.4 Å². The van der Waals surface area contributed by atoms with Gasteiger partial charge < -0.3 is 4.57 Å². The molecule has 0 atom stereocenters. The Bertz CT molecular complexity index is 1080. The first-order valence-electron chi connectivity index (χ1n) is 9.67. The molecule has 0 bridgehead atoms. The maximum Gasteiger partial charge on any atom is 0.416 e. The van der Waals surface area contributed by atoms with Crippen LogP contribution in [-0.4, -0.2) is 9.55 Å². The molecule has 0 saturated heterocycles. The molecule has 0 fully saturated rings. The molecule has 166 valence electrons. The lowest BCUT2D eigenvalue weighted by Crippen LogP contribution is -2.25. The van der Waals surface area contributed by atoms with Crippen LogP contribution in [0, 0.1) is 0 Å². The minimum Gasteiger partial charge on any atom is -0.327 e. The van der Waals surface area contributed by atoms with E-state index in [4.69, 9.17) is 0 Å². The van der Waals surface area contributed by atoms with Crippen molar-refractivity contribution in [2.24, 2.45) is 7.05 Å². The molecule has 1 heterocycles. The van der Waals surface area contributed by atoms with E-state index in [0.29, 0.717) is 12.1 Å². The fraction of sp³-hybridized carbons (Fsp3) is 0.348. The molecule has 0 unspecified atom stereocenters. The molecular formula is C23H22F6N2. The predicted octanol–water partition coefficient (Wildman–Crippen LogP) is 7.48. The summed E-state index contributed by atoms with van der Waals surface area (Å²) < 4.78 is 84.0. The first kappa shape index (κ1) is 22.9. The van der Waals surface area contributed by atoms with Gasteiger partial charge in [-0.15, -0.1) is 0 Å². The molecular weight excluding hydrogens is 418 g/mol. The summed E-state index contributed by atoms with van der Waals surface area (Å²) in [5.41, 5.74) is -2.70. The van der Waals surface area contributed by atoms with Gasteiger partial charge in [0.1, 0.15) is 5.82 Å². The fourth-order valence-electron chi connectivity index (χ4n) is 3.65. The Hall–Kier alpha value is -2.77. The summed E-state index contributed by atoms with van der Waals surface area (Å²) in [4.78, 5) is 4.25. The van der Waals surface area contributed by atoms with Gasteiger partial charge in [0.25, 0.3) is 0 Å². The van der Waals surface area contributed by atoms with E-state index in [-0.39, 0.29) is 23.0 Å². The number of hydrogen-bond donors (Lipinski definition) is 0. The van der Waals surface area contributed by atoms with E-state index < -0.39 is 28.9 Å². The SMILES string of the molecule is CCC(C)(C)c1c(-c2ncc(-c3ccccc3)n2C)cc(C(F)(F)F)cc1C(F)(F)F. The van der Waals surface area contributed by atoms with Crippen molar-refractivity contribution < 1.29 is 26.3 Å². The Morgan fingerprint density at radius 3 is 2.03 bits per heavy atom. The minimum atomic E-state index is -4.95. The van der Waals surface area contributed by atoms with Crippen molar-refractivity contribution in [2.75, 3.05) is 0 Å². The zero-order valence-electron chi connectivity index (χ0n) is 17.5. The number of aromatic nitrogens is 2. The molecule has 8 heteroatoms. The first-order valence-corrected chi connectivity index (χ1v) is 9.67. The van der Waals surface area contributed by atoms with Gasteiger partial charge in [0.2, 0.25) is 0 Å². The van der Waals surface area contributed by atoms with Crippen LogP contribution in [0.1, 0.15) is 43.9 Å². The first-order chi connectivity index (χ1) is 14.3. The smallest absolute Gasteiger partial charge is 0.327 e. The number of halogens is 6. The van der Waals surface area contributed by atoms with Gasteiger partial charge in [0, 0.05) is 12.6 Å². The second-order valence-corrected chi connectivity index (χ2v) is 8.07. The molecule has 0 aliphatic rings. The number of alkyl halides is 6. The quantitative estimate of drug-likeness (QED) is 0.385. The molecule has 3 rings (SSSR count). The van der Waals surface area contributed by atoms with Gasteiger partial charge in [-0.3, -0.25) is 0 Å². The normalized spacial score (nSPS) is 13.0. The van der Waals surface area contributed by atoms with Gasteiger partial charge in [-0.25, -0.2) is 4.98 Å². The molecule has 31 heavy (non-hydrogen) atoms. The van der Waals surface area contributed by atoms with Crippen molar-refractivity contribution in [3.8, 4) is 22.6 Å². The number of hydrogen-bond acceptors (Lipinski definition) is 1. The van der Waals surface area contributed by atoms with Gasteiger partial charge in [-0.05, 0) is 35.1 Å². The highest BCUT2D eigenvalue weighted by Gasteiger charge is 2.43. The Morgan fingerprint density at radius 1 is 0.903 bits per heavy atom. The monoisotopic (exact) mass is 440 g/mol. The lowest BCUT2D eigenvalue weighted by Gasteiger charge is -2.31. The molecule has 3 aromatic rings. The van der Waals surface area contributed by atoms with Crippen LogP contribution in [-0.2, 0) is 24.8 Å². The summed E-state index contributed by atoms with van der Waals surface area (Å²) in [6, 6.07) is 9.97. The third-order valence-electron chi connectivity index (χ3n) is 5.63. The lowest BCUT2D eigenvalue weighted by molar-refractivity contribution is -0.143. The van der Waals surface area contributed by atoms with E-state index in [1.54, 1.807) is 52.1 Å². The molecule has 0 aliphatic heterocycles. The second-order valence-electron chi connectivity index (χ2n) is 8.07. The van der Waals surface area contributed by atoms with Crippen LogP contribution in [0.25, 0.3) is 22.6 Å². The summed E-state index contributed by atoms with van der Waals surface area (Å²) in [6.45, 7) is 4.89. The average molecular weight is 440 g/mol. The molecule has 2 aromatic carbocycles. The molecule has 0 amide bonds. The fourth-order valence-corrected chi connectivity index (χ4v) is 3.65. The number of nitrogens with zero attached hydrogens (tertiary/aromatic N) is 2. The van der Waals surface area contributed by atoms with E-state index in [1.165, 1.54) is 10.8 Å². The molecule has 1 aromatic heterocycles. The minimum absolute atomic E-state index is 0.0481. The summed E-state index contributed by atoms with van der Waals surface area (Å²) in [5.74, 6) is 0.0481.